The minimum atomic E-state index is -3.04. The molecule has 1 N–H and O–H groups in total. The zero-order valence-corrected chi connectivity index (χ0v) is 15.7. The fourth-order valence-electron chi connectivity index (χ4n) is 3.11. The predicted octanol–water partition coefficient (Wildman–Crippen LogP) is 1.56. The van der Waals surface area contributed by atoms with Gasteiger partial charge in [-0.1, -0.05) is 18.2 Å². The van der Waals surface area contributed by atoms with Crippen LogP contribution in [-0.2, 0) is 16.4 Å². The molecule has 1 aliphatic rings. The fraction of sp³-hybridized carbons (Fsp3) is 0.389. The molecule has 27 heavy (non-hydrogen) atoms. The van der Waals surface area contributed by atoms with Gasteiger partial charge in [-0.3, -0.25) is 4.79 Å². The Kier molecular flexibility index (Phi) is 5.69. The first-order valence-corrected chi connectivity index (χ1v) is 10.5. The van der Waals surface area contributed by atoms with Gasteiger partial charge in [-0.2, -0.15) is 0 Å². The normalized spacial score (nSPS) is 18.2. The Morgan fingerprint density at radius 2 is 2.11 bits per heavy atom. The van der Waals surface area contributed by atoms with E-state index >= 15 is 0 Å². The standard InChI is InChI=1S/C18H21FN4O3S/c1-2-23(14-8-10-27(25,26)12-14)18-20-9-7-16(22-18)17(24)21-11-13-5-3-4-6-15(13)19/h3-7,9,14H,2,8,10-12H2,1H3,(H,21,24). The minimum Gasteiger partial charge on any atom is -0.347 e. The van der Waals surface area contributed by atoms with Gasteiger partial charge in [0.1, 0.15) is 11.5 Å². The van der Waals surface area contributed by atoms with Crippen LogP contribution in [0, 0.1) is 5.82 Å². The number of amides is 1. The van der Waals surface area contributed by atoms with Crippen molar-refractivity contribution in [2.24, 2.45) is 0 Å². The molecular weight excluding hydrogens is 371 g/mol. The third-order valence-electron chi connectivity index (χ3n) is 4.52. The van der Waals surface area contributed by atoms with E-state index in [2.05, 4.69) is 15.3 Å². The molecule has 1 aliphatic heterocycles. The van der Waals surface area contributed by atoms with Crippen molar-refractivity contribution in [1.29, 1.82) is 0 Å². The highest BCUT2D eigenvalue weighted by molar-refractivity contribution is 7.91. The molecule has 144 valence electrons. The zero-order chi connectivity index (χ0) is 19.4. The third kappa shape index (κ3) is 4.60. The van der Waals surface area contributed by atoms with E-state index in [1.54, 1.807) is 23.1 Å². The Hall–Kier alpha value is -2.55. The maximum absolute atomic E-state index is 13.7. The summed E-state index contributed by atoms with van der Waals surface area (Å²) >= 11 is 0. The number of halogens is 1. The molecule has 1 unspecified atom stereocenters. The van der Waals surface area contributed by atoms with Crippen LogP contribution >= 0.6 is 0 Å². The van der Waals surface area contributed by atoms with E-state index in [-0.39, 0.29) is 35.6 Å². The number of hydrogen-bond acceptors (Lipinski definition) is 6. The summed E-state index contributed by atoms with van der Waals surface area (Å²) in [6.45, 7) is 2.46. The van der Waals surface area contributed by atoms with Gasteiger partial charge >= 0.3 is 0 Å². The number of nitrogens with zero attached hydrogens (tertiary/aromatic N) is 3. The van der Waals surface area contributed by atoms with Gasteiger partial charge in [-0.25, -0.2) is 22.8 Å². The Labute approximate surface area is 157 Å². The van der Waals surface area contributed by atoms with E-state index in [0.29, 0.717) is 24.5 Å². The highest BCUT2D eigenvalue weighted by Gasteiger charge is 2.33. The van der Waals surface area contributed by atoms with E-state index in [0.717, 1.165) is 0 Å². The van der Waals surface area contributed by atoms with Crippen LogP contribution in [0.1, 0.15) is 29.4 Å². The van der Waals surface area contributed by atoms with Gasteiger partial charge in [0.05, 0.1) is 11.5 Å². The summed E-state index contributed by atoms with van der Waals surface area (Å²) in [6.07, 6.45) is 1.98. The van der Waals surface area contributed by atoms with Crippen molar-refractivity contribution in [2.75, 3.05) is 23.0 Å². The SMILES string of the molecule is CCN(c1nccc(C(=O)NCc2ccccc2F)n1)C1CCS(=O)(=O)C1. The van der Waals surface area contributed by atoms with Crippen LogP contribution in [0.15, 0.2) is 36.5 Å². The number of benzene rings is 1. The van der Waals surface area contributed by atoms with Gasteiger partial charge in [0.2, 0.25) is 5.95 Å². The van der Waals surface area contributed by atoms with Gasteiger partial charge in [0.15, 0.2) is 9.84 Å². The molecular formula is C18H21FN4O3S. The number of anilines is 1. The first-order valence-electron chi connectivity index (χ1n) is 8.71. The highest BCUT2D eigenvalue weighted by atomic mass is 32.2. The molecule has 2 aromatic rings. The van der Waals surface area contributed by atoms with Gasteiger partial charge < -0.3 is 10.2 Å². The summed E-state index contributed by atoms with van der Waals surface area (Å²) in [5.74, 6) is -0.304. The van der Waals surface area contributed by atoms with Crippen LogP contribution in [0.5, 0.6) is 0 Å². The van der Waals surface area contributed by atoms with Crippen LogP contribution in [0.4, 0.5) is 10.3 Å². The van der Waals surface area contributed by atoms with Crippen molar-refractivity contribution in [3.63, 3.8) is 0 Å². The summed E-state index contributed by atoms with van der Waals surface area (Å²) < 4.78 is 37.2. The molecule has 1 amide bonds. The number of sulfone groups is 1. The van der Waals surface area contributed by atoms with Crippen LogP contribution in [-0.4, -0.2) is 48.4 Å². The number of hydrogen-bond donors (Lipinski definition) is 1. The lowest BCUT2D eigenvalue weighted by atomic mass is 10.2. The molecule has 7 nitrogen and oxygen atoms in total. The summed E-state index contributed by atoms with van der Waals surface area (Å²) in [7, 11) is -3.04. The largest absolute Gasteiger partial charge is 0.347 e. The molecule has 0 aliphatic carbocycles. The predicted molar refractivity (Wildman–Crippen MR) is 99.7 cm³/mol. The number of carbonyl (C=O) groups is 1. The van der Waals surface area contributed by atoms with Gasteiger partial charge in [-0.15, -0.1) is 0 Å². The molecule has 1 saturated heterocycles. The monoisotopic (exact) mass is 392 g/mol. The van der Waals surface area contributed by atoms with Crippen LogP contribution in [0.25, 0.3) is 0 Å². The summed E-state index contributed by atoms with van der Waals surface area (Å²) in [5.41, 5.74) is 0.530. The molecule has 0 bridgehead atoms. The number of nitrogens with one attached hydrogen (secondary N) is 1. The molecule has 1 atom stereocenters. The van der Waals surface area contributed by atoms with Gasteiger partial charge in [-0.05, 0) is 25.5 Å². The van der Waals surface area contributed by atoms with E-state index < -0.39 is 15.7 Å². The minimum absolute atomic E-state index is 0.0448. The van der Waals surface area contributed by atoms with Gasteiger partial charge in [0.25, 0.3) is 5.91 Å². The Morgan fingerprint density at radius 1 is 1.33 bits per heavy atom. The van der Waals surface area contributed by atoms with E-state index in [4.69, 9.17) is 0 Å². The van der Waals surface area contributed by atoms with E-state index in [1.807, 2.05) is 6.92 Å². The van der Waals surface area contributed by atoms with E-state index in [9.17, 15) is 17.6 Å². The highest BCUT2D eigenvalue weighted by Crippen LogP contribution is 2.21. The van der Waals surface area contributed by atoms with Crippen molar-refractivity contribution in [2.45, 2.75) is 25.9 Å². The second-order valence-corrected chi connectivity index (χ2v) is 8.59. The average molecular weight is 392 g/mol. The molecule has 0 radical (unpaired) electrons. The van der Waals surface area contributed by atoms with Crippen LogP contribution in [0.3, 0.4) is 0 Å². The van der Waals surface area contributed by atoms with Crippen LogP contribution < -0.4 is 10.2 Å². The maximum atomic E-state index is 13.7. The Morgan fingerprint density at radius 3 is 2.78 bits per heavy atom. The first-order chi connectivity index (χ1) is 12.9. The maximum Gasteiger partial charge on any atom is 0.270 e. The Bertz CT molecular complexity index is 936. The molecule has 1 fully saturated rings. The second-order valence-electron chi connectivity index (χ2n) is 6.36. The fourth-order valence-corrected chi connectivity index (χ4v) is 4.84. The van der Waals surface area contributed by atoms with Crippen molar-refractivity contribution < 1.29 is 17.6 Å². The zero-order valence-electron chi connectivity index (χ0n) is 14.9. The second kappa shape index (κ2) is 7.99. The third-order valence-corrected chi connectivity index (χ3v) is 6.27. The van der Waals surface area contributed by atoms with Crippen molar-refractivity contribution in [1.82, 2.24) is 15.3 Å². The summed E-state index contributed by atoms with van der Waals surface area (Å²) in [6, 6.07) is 7.48. The van der Waals surface area contributed by atoms with Gasteiger partial charge in [0, 0.05) is 30.9 Å². The molecule has 0 saturated carbocycles. The van der Waals surface area contributed by atoms with Crippen molar-refractivity contribution in [3.8, 4) is 0 Å². The molecule has 3 rings (SSSR count). The lowest BCUT2D eigenvalue weighted by Gasteiger charge is -2.26. The number of carbonyl (C=O) groups excluding carboxylic acids is 1. The molecule has 2 heterocycles. The van der Waals surface area contributed by atoms with E-state index in [1.165, 1.54) is 18.3 Å². The number of aromatic nitrogens is 2. The number of rotatable bonds is 6. The van der Waals surface area contributed by atoms with Crippen molar-refractivity contribution in [3.05, 3.63) is 53.6 Å². The topological polar surface area (TPSA) is 92.3 Å². The first kappa shape index (κ1) is 19.2. The average Bonchev–Trinajstić information content (AvgIpc) is 3.01. The smallest absolute Gasteiger partial charge is 0.270 e. The summed E-state index contributed by atoms with van der Waals surface area (Å²) in [5, 5.41) is 2.64. The quantitative estimate of drug-likeness (QED) is 0.802. The summed E-state index contributed by atoms with van der Waals surface area (Å²) in [4.78, 5) is 22.7. The molecule has 1 aromatic heterocycles. The Balaban J connectivity index is 1.72. The van der Waals surface area contributed by atoms with Crippen LogP contribution in [0.2, 0.25) is 0 Å². The lowest BCUT2D eigenvalue weighted by Crippen LogP contribution is -2.37. The molecule has 1 aromatic carbocycles. The lowest BCUT2D eigenvalue weighted by molar-refractivity contribution is 0.0945. The molecule has 9 heteroatoms. The molecule has 0 spiro atoms. The van der Waals surface area contributed by atoms with Crippen molar-refractivity contribution >= 4 is 21.7 Å².